The van der Waals surface area contributed by atoms with Gasteiger partial charge >= 0.3 is 0 Å². The zero-order valence-electron chi connectivity index (χ0n) is 6.58. The molecule has 0 unspecified atom stereocenters. The van der Waals surface area contributed by atoms with Gasteiger partial charge in [0, 0.05) is 0 Å². The molecule has 1 heteroatoms. The van der Waals surface area contributed by atoms with E-state index in [1.54, 1.807) is 5.56 Å². The van der Waals surface area contributed by atoms with E-state index in [0.29, 0.717) is 12.2 Å². The lowest BCUT2D eigenvalue weighted by Gasteiger charge is -2.04. The lowest BCUT2D eigenvalue weighted by Crippen LogP contribution is -1.93. The maximum Gasteiger partial charge on any atom is 0.114 e. The Hall–Kier alpha value is -1.08. The highest BCUT2D eigenvalue weighted by Gasteiger charge is 2.43. The minimum Gasteiger partial charge on any atom is -0.360 e. The highest BCUT2D eigenvalue weighted by molar-refractivity contribution is 5.70. The quantitative estimate of drug-likeness (QED) is 0.532. The first-order chi connectivity index (χ1) is 5.93. The Morgan fingerprint density at radius 1 is 1.33 bits per heavy atom. The van der Waals surface area contributed by atoms with E-state index in [4.69, 9.17) is 4.74 Å². The van der Waals surface area contributed by atoms with Crippen LogP contribution in [-0.2, 0) is 11.2 Å². The van der Waals surface area contributed by atoms with Gasteiger partial charge in [-0.3, -0.25) is 0 Å². The van der Waals surface area contributed by atoms with Crippen LogP contribution in [0, 0.1) is 0 Å². The topological polar surface area (TPSA) is 12.5 Å². The van der Waals surface area contributed by atoms with Gasteiger partial charge in [0.05, 0.1) is 0 Å². The van der Waals surface area contributed by atoms with E-state index in [-0.39, 0.29) is 0 Å². The van der Waals surface area contributed by atoms with E-state index in [1.165, 1.54) is 23.1 Å². The van der Waals surface area contributed by atoms with Crippen molar-refractivity contribution in [1.82, 2.24) is 0 Å². The fraction of sp³-hybridized carbons (Fsp3) is 0.273. The van der Waals surface area contributed by atoms with Crippen LogP contribution in [-0.4, -0.2) is 6.10 Å². The van der Waals surface area contributed by atoms with E-state index in [1.807, 2.05) is 0 Å². The molecule has 12 heavy (non-hydrogen) atoms. The third-order valence-electron chi connectivity index (χ3n) is 3.01. The van der Waals surface area contributed by atoms with Gasteiger partial charge in [0.25, 0.3) is 0 Å². The Bertz CT molecular complexity index is 417. The molecule has 1 heterocycles. The predicted octanol–water partition coefficient (Wildman–Crippen LogP) is 2.06. The molecule has 0 spiro atoms. The summed E-state index contributed by atoms with van der Waals surface area (Å²) < 4.78 is 5.50. The van der Waals surface area contributed by atoms with Crippen molar-refractivity contribution >= 4 is 6.08 Å². The molecule has 3 aliphatic rings. The normalized spacial score (nSPS) is 32.0. The number of epoxide rings is 1. The smallest absolute Gasteiger partial charge is 0.114 e. The van der Waals surface area contributed by atoms with Crippen molar-refractivity contribution in [3.8, 4) is 0 Å². The Balaban J connectivity index is 2.07. The summed E-state index contributed by atoms with van der Waals surface area (Å²) in [6.07, 6.45) is 6.42. The molecular formula is C11H8O. The molecule has 4 rings (SSSR count). The molecule has 1 aromatic carbocycles. The molecule has 1 nitrogen and oxygen atoms in total. The zero-order chi connectivity index (χ0) is 7.71. The van der Waals surface area contributed by atoms with Crippen LogP contribution in [0.4, 0.5) is 0 Å². The van der Waals surface area contributed by atoms with Gasteiger partial charge in [0.15, 0.2) is 0 Å². The van der Waals surface area contributed by atoms with Crippen LogP contribution in [0.2, 0.25) is 0 Å². The summed E-state index contributed by atoms with van der Waals surface area (Å²) in [4.78, 5) is 0. The first-order valence-electron chi connectivity index (χ1n) is 4.42. The van der Waals surface area contributed by atoms with Crippen molar-refractivity contribution in [3.05, 3.63) is 40.5 Å². The zero-order valence-corrected chi connectivity index (χ0v) is 6.58. The number of rotatable bonds is 0. The average Bonchev–Trinajstić information content (AvgIpc) is 2.97. The number of ether oxygens (including phenoxy) is 1. The number of benzene rings is 1. The van der Waals surface area contributed by atoms with Crippen LogP contribution in [0.25, 0.3) is 6.08 Å². The SMILES string of the molecule is C1=C[C@H]2O[C@H]2c2ccc3c(c21)C3. The highest BCUT2D eigenvalue weighted by Crippen LogP contribution is 2.48. The second-order valence-electron chi connectivity index (χ2n) is 3.76. The second-order valence-corrected chi connectivity index (χ2v) is 3.76. The molecular weight excluding hydrogens is 148 g/mol. The predicted molar refractivity (Wildman–Crippen MR) is 45.9 cm³/mol. The van der Waals surface area contributed by atoms with Gasteiger partial charge in [0.1, 0.15) is 12.2 Å². The third kappa shape index (κ3) is 0.516. The Labute approximate surface area is 70.7 Å². The molecule has 0 bridgehead atoms. The largest absolute Gasteiger partial charge is 0.360 e. The molecule has 1 fully saturated rings. The van der Waals surface area contributed by atoms with Crippen molar-refractivity contribution in [1.29, 1.82) is 0 Å². The highest BCUT2D eigenvalue weighted by atomic mass is 16.6. The monoisotopic (exact) mass is 156 g/mol. The van der Waals surface area contributed by atoms with Crippen molar-refractivity contribution < 1.29 is 4.74 Å². The fourth-order valence-electron chi connectivity index (χ4n) is 2.18. The van der Waals surface area contributed by atoms with E-state index in [2.05, 4.69) is 24.3 Å². The van der Waals surface area contributed by atoms with Gasteiger partial charge < -0.3 is 4.74 Å². The summed E-state index contributed by atoms with van der Waals surface area (Å²) in [6.45, 7) is 0. The van der Waals surface area contributed by atoms with Crippen LogP contribution in [0.1, 0.15) is 28.4 Å². The van der Waals surface area contributed by atoms with Crippen molar-refractivity contribution in [2.75, 3.05) is 0 Å². The molecule has 0 N–H and O–H groups in total. The molecule has 58 valence electrons. The van der Waals surface area contributed by atoms with Gasteiger partial charge in [-0.15, -0.1) is 0 Å². The minimum absolute atomic E-state index is 0.397. The molecule has 1 aliphatic heterocycles. The maximum absolute atomic E-state index is 5.50. The van der Waals surface area contributed by atoms with Gasteiger partial charge in [-0.2, -0.15) is 0 Å². The van der Waals surface area contributed by atoms with Gasteiger partial charge in [-0.05, 0) is 28.7 Å². The van der Waals surface area contributed by atoms with E-state index < -0.39 is 0 Å². The summed E-state index contributed by atoms with van der Waals surface area (Å²) >= 11 is 0. The van der Waals surface area contributed by atoms with Crippen molar-refractivity contribution in [2.45, 2.75) is 18.6 Å². The van der Waals surface area contributed by atoms with Gasteiger partial charge in [-0.1, -0.05) is 24.3 Å². The summed E-state index contributed by atoms with van der Waals surface area (Å²) in [5.41, 5.74) is 5.94. The fourth-order valence-corrected chi connectivity index (χ4v) is 2.18. The molecule has 0 aromatic heterocycles. The van der Waals surface area contributed by atoms with Gasteiger partial charge in [0.2, 0.25) is 0 Å². The summed E-state index contributed by atoms with van der Waals surface area (Å²) in [5, 5.41) is 0. The standard InChI is InChI=1S/C11H8O/c1-2-8-7(9-5-6(1)9)3-4-10-11(8)12-10/h1-4,10-11H,5H2/t10-,11+/m1/s1. The van der Waals surface area contributed by atoms with Crippen LogP contribution < -0.4 is 0 Å². The van der Waals surface area contributed by atoms with Crippen LogP contribution in [0.3, 0.4) is 0 Å². The van der Waals surface area contributed by atoms with E-state index in [9.17, 15) is 0 Å². The second kappa shape index (κ2) is 1.50. The molecule has 1 saturated heterocycles. The Kier molecular flexibility index (Phi) is 0.694. The molecule has 2 atom stereocenters. The summed E-state index contributed by atoms with van der Waals surface area (Å²) in [6, 6.07) is 4.47. The first-order valence-corrected chi connectivity index (χ1v) is 4.42. The lowest BCUT2D eigenvalue weighted by atomic mass is 9.97. The van der Waals surface area contributed by atoms with E-state index >= 15 is 0 Å². The Morgan fingerprint density at radius 2 is 2.33 bits per heavy atom. The molecule has 0 radical (unpaired) electrons. The van der Waals surface area contributed by atoms with Gasteiger partial charge in [-0.25, -0.2) is 0 Å². The summed E-state index contributed by atoms with van der Waals surface area (Å²) in [7, 11) is 0. The molecule has 1 aromatic rings. The molecule has 2 aliphatic carbocycles. The number of hydrogen-bond acceptors (Lipinski definition) is 1. The number of hydrogen-bond donors (Lipinski definition) is 0. The Morgan fingerprint density at radius 3 is 3.33 bits per heavy atom. The first kappa shape index (κ1) is 5.55. The van der Waals surface area contributed by atoms with Crippen LogP contribution in [0.5, 0.6) is 0 Å². The van der Waals surface area contributed by atoms with Crippen molar-refractivity contribution in [3.63, 3.8) is 0 Å². The lowest BCUT2D eigenvalue weighted by molar-refractivity contribution is 0.395. The summed E-state index contributed by atoms with van der Waals surface area (Å²) in [5.74, 6) is 0. The van der Waals surface area contributed by atoms with Crippen molar-refractivity contribution in [2.24, 2.45) is 0 Å². The maximum atomic E-state index is 5.50. The number of fused-ring (bicyclic) bond motifs is 5. The van der Waals surface area contributed by atoms with Crippen LogP contribution >= 0.6 is 0 Å². The average molecular weight is 156 g/mol. The van der Waals surface area contributed by atoms with Crippen LogP contribution in [0.15, 0.2) is 18.2 Å². The minimum atomic E-state index is 0.397. The van der Waals surface area contributed by atoms with E-state index in [0.717, 1.165) is 0 Å². The third-order valence-corrected chi connectivity index (χ3v) is 3.01. The molecule has 0 saturated carbocycles. The molecule has 0 amide bonds.